The van der Waals surface area contributed by atoms with Crippen LogP contribution in [0.25, 0.3) is 0 Å². The summed E-state index contributed by atoms with van der Waals surface area (Å²) in [5.41, 5.74) is 1.22. The Bertz CT molecular complexity index is 710. The van der Waals surface area contributed by atoms with E-state index in [9.17, 15) is 0 Å². The average Bonchev–Trinajstić information content (AvgIpc) is 2.94. The van der Waals surface area contributed by atoms with Gasteiger partial charge in [0.1, 0.15) is 5.82 Å². The zero-order valence-electron chi connectivity index (χ0n) is 14.3. The molecule has 0 aliphatic carbocycles. The highest BCUT2D eigenvalue weighted by Crippen LogP contribution is 2.15. The van der Waals surface area contributed by atoms with Crippen molar-refractivity contribution < 1.29 is 0 Å². The summed E-state index contributed by atoms with van der Waals surface area (Å²) < 4.78 is 6.93. The lowest BCUT2D eigenvalue weighted by molar-refractivity contribution is 0.152. The molecule has 3 heterocycles. The molecule has 2 aromatic rings. The SMILES string of the molecule is CC(C)N(Cc1cnn(C)c1)Cn1nc2n(c1=S)CCCCC2. The Labute approximate surface area is 142 Å². The average molecular weight is 334 g/mol. The van der Waals surface area contributed by atoms with Gasteiger partial charge in [-0.3, -0.25) is 9.58 Å². The highest BCUT2D eigenvalue weighted by atomic mass is 32.1. The van der Waals surface area contributed by atoms with Gasteiger partial charge in [-0.1, -0.05) is 6.42 Å². The molecule has 0 saturated carbocycles. The van der Waals surface area contributed by atoms with E-state index in [0.29, 0.717) is 6.04 Å². The van der Waals surface area contributed by atoms with Gasteiger partial charge in [-0.25, -0.2) is 4.68 Å². The van der Waals surface area contributed by atoms with Gasteiger partial charge in [0.25, 0.3) is 0 Å². The van der Waals surface area contributed by atoms with E-state index in [1.54, 1.807) is 0 Å². The predicted molar refractivity (Wildman–Crippen MR) is 92.5 cm³/mol. The van der Waals surface area contributed by atoms with Crippen LogP contribution in [0, 0.1) is 4.77 Å². The predicted octanol–water partition coefficient (Wildman–Crippen LogP) is 2.74. The minimum absolute atomic E-state index is 0.415. The molecule has 126 valence electrons. The van der Waals surface area contributed by atoms with Gasteiger partial charge in [-0.15, -0.1) is 0 Å². The number of hydrogen-bond donors (Lipinski definition) is 0. The molecule has 0 saturated heterocycles. The van der Waals surface area contributed by atoms with Crippen LogP contribution < -0.4 is 0 Å². The standard InChI is InChI=1S/C16H26N6S/c1-13(2)20(11-14-9-17-19(3)10-14)12-22-16(23)21-8-6-4-5-7-15(21)18-22/h9-10,13H,4-8,11-12H2,1-3H3. The zero-order chi connectivity index (χ0) is 16.4. The van der Waals surface area contributed by atoms with Gasteiger partial charge in [-0.2, -0.15) is 10.2 Å². The lowest BCUT2D eigenvalue weighted by atomic mass is 10.2. The van der Waals surface area contributed by atoms with Gasteiger partial charge in [0, 0.05) is 44.4 Å². The maximum absolute atomic E-state index is 5.67. The summed E-state index contributed by atoms with van der Waals surface area (Å²) in [5.74, 6) is 1.15. The first-order valence-corrected chi connectivity index (χ1v) is 8.83. The van der Waals surface area contributed by atoms with E-state index >= 15 is 0 Å². The smallest absolute Gasteiger partial charge is 0.199 e. The first-order chi connectivity index (χ1) is 11.0. The fourth-order valence-corrected chi connectivity index (χ4v) is 3.37. The van der Waals surface area contributed by atoms with E-state index in [-0.39, 0.29) is 0 Å². The quantitative estimate of drug-likeness (QED) is 0.789. The van der Waals surface area contributed by atoms with Crippen molar-refractivity contribution in [3.05, 3.63) is 28.6 Å². The van der Waals surface area contributed by atoms with Crippen LogP contribution in [-0.2, 0) is 33.2 Å². The Hall–Kier alpha value is -1.47. The number of nitrogens with zero attached hydrogens (tertiary/aromatic N) is 6. The number of fused-ring (bicyclic) bond motifs is 1. The molecule has 23 heavy (non-hydrogen) atoms. The normalized spacial score (nSPS) is 15.2. The largest absolute Gasteiger partial charge is 0.304 e. The molecule has 6 nitrogen and oxygen atoms in total. The summed E-state index contributed by atoms with van der Waals surface area (Å²) in [7, 11) is 1.95. The molecular weight excluding hydrogens is 308 g/mol. The van der Waals surface area contributed by atoms with Gasteiger partial charge >= 0.3 is 0 Å². The Morgan fingerprint density at radius 3 is 2.83 bits per heavy atom. The van der Waals surface area contributed by atoms with Gasteiger partial charge in [0.2, 0.25) is 0 Å². The molecule has 0 atom stereocenters. The van der Waals surface area contributed by atoms with Crippen LogP contribution in [0.4, 0.5) is 0 Å². The molecule has 0 fully saturated rings. The summed E-state index contributed by atoms with van der Waals surface area (Å²) in [6.45, 7) is 7.02. The fourth-order valence-electron chi connectivity index (χ4n) is 3.07. The van der Waals surface area contributed by atoms with Crippen molar-refractivity contribution in [3.8, 4) is 0 Å². The third kappa shape index (κ3) is 3.72. The van der Waals surface area contributed by atoms with Gasteiger partial charge in [-0.05, 0) is 38.9 Å². The van der Waals surface area contributed by atoms with Crippen LogP contribution in [0.15, 0.2) is 12.4 Å². The third-order valence-electron chi connectivity index (χ3n) is 4.47. The lowest BCUT2D eigenvalue weighted by Crippen LogP contribution is -2.33. The molecule has 1 aliphatic heterocycles. The van der Waals surface area contributed by atoms with Crippen LogP contribution in [0.3, 0.4) is 0 Å². The number of aryl methyl sites for hydroxylation is 2. The first-order valence-electron chi connectivity index (χ1n) is 8.42. The van der Waals surface area contributed by atoms with Gasteiger partial charge in [0.05, 0.1) is 12.9 Å². The highest BCUT2D eigenvalue weighted by Gasteiger charge is 2.17. The second-order valence-electron chi connectivity index (χ2n) is 6.66. The molecular formula is C16H26N6S. The molecule has 0 aromatic carbocycles. The zero-order valence-corrected chi connectivity index (χ0v) is 15.1. The summed E-state index contributed by atoms with van der Waals surface area (Å²) >= 11 is 5.67. The summed E-state index contributed by atoms with van der Waals surface area (Å²) in [6.07, 6.45) is 8.73. The third-order valence-corrected chi connectivity index (χ3v) is 4.90. The number of aromatic nitrogens is 5. The maximum Gasteiger partial charge on any atom is 0.199 e. The topological polar surface area (TPSA) is 43.8 Å². The second-order valence-corrected chi connectivity index (χ2v) is 7.03. The highest BCUT2D eigenvalue weighted by molar-refractivity contribution is 7.71. The van der Waals surface area contributed by atoms with Crippen LogP contribution in [-0.4, -0.2) is 35.1 Å². The fraction of sp³-hybridized carbons (Fsp3) is 0.688. The maximum atomic E-state index is 5.67. The molecule has 0 N–H and O–H groups in total. The summed E-state index contributed by atoms with van der Waals surface area (Å²) in [6, 6.07) is 0.415. The second kappa shape index (κ2) is 6.97. The summed E-state index contributed by atoms with van der Waals surface area (Å²) in [4.78, 5) is 2.37. The molecule has 0 amide bonds. The Kier molecular flexibility index (Phi) is 4.96. The summed E-state index contributed by atoms with van der Waals surface area (Å²) in [5, 5.41) is 9.05. The number of hydrogen-bond acceptors (Lipinski definition) is 4. The van der Waals surface area contributed by atoms with E-state index in [4.69, 9.17) is 17.3 Å². The van der Waals surface area contributed by atoms with Crippen LogP contribution >= 0.6 is 12.2 Å². The van der Waals surface area contributed by atoms with Crippen molar-refractivity contribution in [1.29, 1.82) is 0 Å². The molecule has 0 unspecified atom stereocenters. The minimum atomic E-state index is 0.415. The molecule has 1 aliphatic rings. The molecule has 0 spiro atoms. The molecule has 0 radical (unpaired) electrons. The van der Waals surface area contributed by atoms with Crippen molar-refractivity contribution in [2.45, 2.75) is 65.3 Å². The molecule has 2 aromatic heterocycles. The van der Waals surface area contributed by atoms with Crippen molar-refractivity contribution in [2.75, 3.05) is 0 Å². The Balaban J connectivity index is 1.79. The minimum Gasteiger partial charge on any atom is -0.304 e. The van der Waals surface area contributed by atoms with Gasteiger partial charge in [0.15, 0.2) is 4.77 Å². The van der Waals surface area contributed by atoms with Crippen molar-refractivity contribution in [2.24, 2.45) is 7.05 Å². The molecule has 7 heteroatoms. The lowest BCUT2D eigenvalue weighted by Gasteiger charge is -2.25. The van der Waals surface area contributed by atoms with E-state index in [2.05, 4.69) is 34.6 Å². The molecule has 3 rings (SSSR count). The van der Waals surface area contributed by atoms with E-state index < -0.39 is 0 Å². The van der Waals surface area contributed by atoms with E-state index in [1.807, 2.05) is 22.6 Å². The van der Waals surface area contributed by atoms with Crippen molar-refractivity contribution in [1.82, 2.24) is 29.0 Å². The van der Waals surface area contributed by atoms with Crippen LogP contribution in [0.5, 0.6) is 0 Å². The van der Waals surface area contributed by atoms with E-state index in [1.165, 1.54) is 24.8 Å². The van der Waals surface area contributed by atoms with E-state index in [0.717, 1.165) is 36.8 Å². The first kappa shape index (κ1) is 16.4. The van der Waals surface area contributed by atoms with Crippen molar-refractivity contribution in [3.63, 3.8) is 0 Å². The van der Waals surface area contributed by atoms with Gasteiger partial charge < -0.3 is 4.57 Å². The van der Waals surface area contributed by atoms with Crippen LogP contribution in [0.2, 0.25) is 0 Å². The Morgan fingerprint density at radius 1 is 1.30 bits per heavy atom. The Morgan fingerprint density at radius 2 is 2.13 bits per heavy atom. The monoisotopic (exact) mass is 334 g/mol. The van der Waals surface area contributed by atoms with Crippen LogP contribution in [0.1, 0.15) is 44.5 Å². The number of rotatable bonds is 5. The van der Waals surface area contributed by atoms with Crippen molar-refractivity contribution >= 4 is 12.2 Å². The molecule has 0 bridgehead atoms.